The van der Waals surface area contributed by atoms with E-state index in [2.05, 4.69) is 21.4 Å². The third-order valence-corrected chi connectivity index (χ3v) is 6.18. The fourth-order valence-electron chi connectivity index (χ4n) is 3.02. The zero-order valence-electron chi connectivity index (χ0n) is 17.1. The zero-order valence-corrected chi connectivity index (χ0v) is 17.9. The predicted octanol–water partition coefficient (Wildman–Crippen LogP) is 4.81. The Bertz CT molecular complexity index is 1320. The predicted molar refractivity (Wildman–Crippen MR) is 125 cm³/mol. The summed E-state index contributed by atoms with van der Waals surface area (Å²) < 4.78 is 34.0. The van der Waals surface area contributed by atoms with E-state index < -0.39 is 16.1 Å². The van der Waals surface area contributed by atoms with E-state index in [1.165, 1.54) is 12.1 Å². The van der Waals surface area contributed by atoms with Crippen molar-refractivity contribution in [2.75, 3.05) is 0 Å². The maximum absolute atomic E-state index is 13.0. The second-order valence-corrected chi connectivity index (χ2v) is 8.71. The molecular weight excluding hydrogens is 422 g/mol. The first kappa shape index (κ1) is 21.4. The molecule has 1 N–H and O–H groups in total. The Hall–Kier alpha value is -3.81. The second kappa shape index (κ2) is 9.55. The van der Waals surface area contributed by atoms with Crippen LogP contribution in [0.2, 0.25) is 0 Å². The van der Waals surface area contributed by atoms with Gasteiger partial charge in [0.1, 0.15) is 0 Å². The molecule has 32 heavy (non-hydrogen) atoms. The minimum atomic E-state index is -3.81. The Labute approximate surface area is 187 Å². The van der Waals surface area contributed by atoms with Gasteiger partial charge in [-0.1, -0.05) is 103 Å². The third-order valence-electron chi connectivity index (χ3n) is 4.72. The maximum Gasteiger partial charge on any atom is 0.255 e. The monoisotopic (exact) mass is 443 g/mol. The molecule has 0 aliphatic carbocycles. The molecule has 1 atom stereocenters. The van der Waals surface area contributed by atoms with Crippen LogP contribution >= 0.6 is 0 Å². The van der Waals surface area contributed by atoms with Crippen LogP contribution in [0.4, 0.5) is 0 Å². The van der Waals surface area contributed by atoms with E-state index in [9.17, 15) is 8.42 Å². The average Bonchev–Trinajstić information content (AvgIpc) is 3.33. The van der Waals surface area contributed by atoms with E-state index in [1.54, 1.807) is 24.3 Å². The molecule has 1 heterocycles. The van der Waals surface area contributed by atoms with Crippen LogP contribution in [0.5, 0.6) is 0 Å². The molecule has 0 spiro atoms. The van der Waals surface area contributed by atoms with Gasteiger partial charge in [-0.15, -0.1) is 0 Å². The van der Waals surface area contributed by atoms with Gasteiger partial charge < -0.3 is 4.52 Å². The summed E-state index contributed by atoms with van der Waals surface area (Å²) in [5.74, 6) is 0.556. The number of hydrogen-bond acceptors (Lipinski definition) is 5. The highest BCUT2D eigenvalue weighted by molar-refractivity contribution is 7.89. The Morgan fingerprint density at radius 1 is 0.906 bits per heavy atom. The molecule has 4 aromatic rings. The zero-order chi connectivity index (χ0) is 22.4. The summed E-state index contributed by atoms with van der Waals surface area (Å²) in [6, 6.07) is 26.3. The second-order valence-electron chi connectivity index (χ2n) is 7.00. The van der Waals surface area contributed by atoms with Gasteiger partial charge in [0.2, 0.25) is 15.8 Å². The van der Waals surface area contributed by atoms with Gasteiger partial charge in [-0.05, 0) is 17.7 Å². The molecule has 4 rings (SSSR count). The normalized spacial score (nSPS) is 12.6. The molecule has 0 fully saturated rings. The van der Waals surface area contributed by atoms with Gasteiger partial charge >= 0.3 is 0 Å². The fraction of sp³-hybridized carbons (Fsp3) is 0.0400. The van der Waals surface area contributed by atoms with Crippen LogP contribution in [0.25, 0.3) is 23.0 Å². The summed E-state index contributed by atoms with van der Waals surface area (Å²) in [6.07, 6.45) is 3.53. The van der Waals surface area contributed by atoms with Crippen molar-refractivity contribution in [2.45, 2.75) is 10.9 Å². The van der Waals surface area contributed by atoms with E-state index in [0.717, 1.165) is 11.1 Å². The van der Waals surface area contributed by atoms with Crippen LogP contribution in [0.3, 0.4) is 0 Å². The van der Waals surface area contributed by atoms with Crippen molar-refractivity contribution in [3.05, 3.63) is 115 Å². The highest BCUT2D eigenvalue weighted by atomic mass is 32.2. The summed E-state index contributed by atoms with van der Waals surface area (Å²) in [4.78, 5) is 4.57. The van der Waals surface area contributed by atoms with Crippen LogP contribution in [-0.2, 0) is 10.0 Å². The van der Waals surface area contributed by atoms with Gasteiger partial charge in [0, 0.05) is 11.1 Å². The van der Waals surface area contributed by atoms with Gasteiger partial charge in [0.15, 0.2) is 0 Å². The van der Waals surface area contributed by atoms with Crippen molar-refractivity contribution in [3.8, 4) is 11.4 Å². The van der Waals surface area contributed by atoms with E-state index in [-0.39, 0.29) is 10.8 Å². The van der Waals surface area contributed by atoms with Crippen LogP contribution in [0.1, 0.15) is 11.5 Å². The van der Waals surface area contributed by atoms with Crippen molar-refractivity contribution >= 4 is 21.7 Å². The van der Waals surface area contributed by atoms with Crippen molar-refractivity contribution < 1.29 is 12.9 Å². The lowest BCUT2D eigenvalue weighted by atomic mass is 10.1. The summed E-state index contributed by atoms with van der Waals surface area (Å²) in [7, 11) is -3.81. The van der Waals surface area contributed by atoms with Gasteiger partial charge in [0.05, 0.1) is 10.9 Å². The number of nitrogens with one attached hydrogen (secondary N) is 1. The molecular formula is C25H21N3O3S. The number of aromatic nitrogens is 2. The fourth-order valence-corrected chi connectivity index (χ4v) is 4.23. The van der Waals surface area contributed by atoms with Crippen LogP contribution in [0, 0.1) is 0 Å². The molecule has 0 unspecified atom stereocenters. The van der Waals surface area contributed by atoms with Crippen LogP contribution in [0.15, 0.2) is 113 Å². The van der Waals surface area contributed by atoms with Gasteiger partial charge in [0.25, 0.3) is 5.89 Å². The summed E-state index contributed by atoms with van der Waals surface area (Å²) in [6.45, 7) is 4.05. The maximum atomic E-state index is 13.0. The topological polar surface area (TPSA) is 85.1 Å². The Morgan fingerprint density at radius 2 is 1.50 bits per heavy atom. The average molecular weight is 444 g/mol. The number of rotatable bonds is 8. The van der Waals surface area contributed by atoms with Gasteiger partial charge in [-0.2, -0.15) is 9.71 Å². The Morgan fingerprint density at radius 3 is 2.16 bits per heavy atom. The van der Waals surface area contributed by atoms with Crippen LogP contribution in [-0.4, -0.2) is 24.6 Å². The molecule has 6 nitrogen and oxygen atoms in total. The number of sulfonamides is 1. The molecule has 3 aromatic carbocycles. The van der Waals surface area contributed by atoms with E-state index in [0.29, 0.717) is 11.4 Å². The number of benzene rings is 3. The number of hydrogen-bond donors (Lipinski definition) is 1. The standard InChI is InChI=1S/C25H21N3O3S/c1-19(25-26-24(27-31-25)21-13-7-3-8-14-21)23(18-17-20-11-5-2-6-12-20)28-32(29,30)22-15-9-4-10-16-22/h2-18,23,28H,1H2/b18-17+/t23-/m0/s1. The van der Waals surface area contributed by atoms with E-state index in [1.807, 2.05) is 66.7 Å². The number of nitrogens with zero attached hydrogens (tertiary/aromatic N) is 2. The van der Waals surface area contributed by atoms with Crippen molar-refractivity contribution in [1.82, 2.24) is 14.9 Å². The summed E-state index contributed by atoms with van der Waals surface area (Å²) in [5.41, 5.74) is 2.04. The Kier molecular flexibility index (Phi) is 6.39. The largest absolute Gasteiger partial charge is 0.334 e. The molecule has 0 radical (unpaired) electrons. The van der Waals surface area contributed by atoms with Crippen molar-refractivity contribution in [2.24, 2.45) is 0 Å². The quantitative estimate of drug-likeness (QED) is 0.422. The minimum absolute atomic E-state index is 0.154. The highest BCUT2D eigenvalue weighted by Gasteiger charge is 2.24. The third kappa shape index (κ3) is 5.08. The lowest BCUT2D eigenvalue weighted by Crippen LogP contribution is -2.34. The lowest BCUT2D eigenvalue weighted by Gasteiger charge is -2.16. The van der Waals surface area contributed by atoms with Crippen molar-refractivity contribution in [3.63, 3.8) is 0 Å². The molecule has 0 saturated carbocycles. The molecule has 0 aliphatic heterocycles. The molecule has 7 heteroatoms. The summed E-state index contributed by atoms with van der Waals surface area (Å²) >= 11 is 0. The molecule has 0 aliphatic rings. The molecule has 160 valence electrons. The van der Waals surface area contributed by atoms with Crippen molar-refractivity contribution in [1.29, 1.82) is 0 Å². The molecule has 0 saturated heterocycles. The lowest BCUT2D eigenvalue weighted by molar-refractivity contribution is 0.406. The first-order valence-corrected chi connectivity index (χ1v) is 11.4. The van der Waals surface area contributed by atoms with Crippen LogP contribution < -0.4 is 4.72 Å². The van der Waals surface area contributed by atoms with E-state index >= 15 is 0 Å². The molecule has 0 amide bonds. The first-order chi connectivity index (χ1) is 15.5. The minimum Gasteiger partial charge on any atom is -0.334 e. The molecule has 0 bridgehead atoms. The summed E-state index contributed by atoms with van der Waals surface area (Å²) in [5, 5.41) is 4.01. The SMILES string of the molecule is C=C(c1nc(-c2ccccc2)no1)[C@H](/C=C/c1ccccc1)NS(=O)(=O)c1ccccc1. The Balaban J connectivity index is 1.65. The highest BCUT2D eigenvalue weighted by Crippen LogP contribution is 2.22. The van der Waals surface area contributed by atoms with E-state index in [4.69, 9.17) is 4.52 Å². The first-order valence-electron chi connectivity index (χ1n) is 9.92. The smallest absolute Gasteiger partial charge is 0.255 e. The van der Waals surface area contributed by atoms with Gasteiger partial charge in [-0.3, -0.25) is 0 Å². The molecule has 1 aromatic heterocycles. The van der Waals surface area contributed by atoms with Gasteiger partial charge in [-0.25, -0.2) is 8.42 Å².